The van der Waals surface area contributed by atoms with Gasteiger partial charge in [-0.15, -0.1) is 0 Å². The summed E-state index contributed by atoms with van der Waals surface area (Å²) in [5, 5.41) is 10.4. The fourth-order valence-corrected chi connectivity index (χ4v) is 5.10. The van der Waals surface area contributed by atoms with Gasteiger partial charge in [0.05, 0.1) is 0 Å². The molecule has 158 valence electrons. The highest BCUT2D eigenvalue weighted by Crippen LogP contribution is 2.51. The van der Waals surface area contributed by atoms with Gasteiger partial charge in [-0.1, -0.05) is 61.9 Å². The number of fused-ring (bicyclic) bond motifs is 3. The molecule has 2 aliphatic rings. The molecule has 0 aromatic heterocycles. The second kappa shape index (κ2) is 8.60. The van der Waals surface area contributed by atoms with Crippen LogP contribution >= 0.6 is 0 Å². The van der Waals surface area contributed by atoms with Crippen LogP contribution in [0.15, 0.2) is 48.5 Å². The first-order chi connectivity index (χ1) is 14.6. The molecule has 2 aromatic rings. The molecule has 2 aromatic carbocycles. The molecule has 1 heterocycles. The quantitative estimate of drug-likeness (QED) is 0.711. The van der Waals surface area contributed by atoms with Crippen molar-refractivity contribution in [1.29, 1.82) is 0 Å². The lowest BCUT2D eigenvalue weighted by Gasteiger charge is -2.35. The summed E-state index contributed by atoms with van der Waals surface area (Å²) in [4.78, 5) is 28.8. The first-order valence-corrected chi connectivity index (χ1v) is 11.0. The van der Waals surface area contributed by atoms with Gasteiger partial charge in [0.2, 0.25) is 5.91 Å². The lowest BCUT2D eigenvalue weighted by molar-refractivity contribution is -0.142. The summed E-state index contributed by atoms with van der Waals surface area (Å²) in [6.07, 6.45) is 2.98. The summed E-state index contributed by atoms with van der Waals surface area (Å²) < 4.78 is 0. The molecule has 0 spiro atoms. The number of hydrogen-bond donors (Lipinski definition) is 1. The predicted octanol–water partition coefficient (Wildman–Crippen LogP) is 3.76. The van der Waals surface area contributed by atoms with Crippen molar-refractivity contribution in [2.75, 3.05) is 32.7 Å². The summed E-state index contributed by atoms with van der Waals surface area (Å²) in [6.45, 7) is 6.27. The summed E-state index contributed by atoms with van der Waals surface area (Å²) in [7, 11) is 0. The molecule has 0 saturated carbocycles. The normalized spacial score (nSPS) is 17.4. The van der Waals surface area contributed by atoms with E-state index < -0.39 is 11.4 Å². The van der Waals surface area contributed by atoms with Crippen LogP contribution in [0.3, 0.4) is 0 Å². The highest BCUT2D eigenvalue weighted by atomic mass is 16.4. The SMILES string of the molecule is CCC(=O)N1CCN(CCCCC2(C(=O)O)c3ccccc3-c3ccccc32)CC1. The number of unbranched alkanes of at least 4 members (excludes halogenated alkanes) is 1. The van der Waals surface area contributed by atoms with Gasteiger partial charge in [0.15, 0.2) is 0 Å². The minimum atomic E-state index is -0.959. The summed E-state index contributed by atoms with van der Waals surface area (Å²) in [5.74, 6) is -0.525. The molecule has 1 fully saturated rings. The van der Waals surface area contributed by atoms with Crippen molar-refractivity contribution in [3.05, 3.63) is 59.7 Å². The molecule has 4 rings (SSSR count). The number of benzene rings is 2. The Morgan fingerprint density at radius 2 is 1.47 bits per heavy atom. The van der Waals surface area contributed by atoms with Crippen molar-refractivity contribution in [2.45, 2.75) is 38.0 Å². The molecule has 1 aliphatic carbocycles. The average molecular weight is 407 g/mol. The van der Waals surface area contributed by atoms with Crippen molar-refractivity contribution < 1.29 is 14.7 Å². The van der Waals surface area contributed by atoms with Crippen LogP contribution in [0.4, 0.5) is 0 Å². The third kappa shape index (κ3) is 3.52. The highest BCUT2D eigenvalue weighted by molar-refractivity contribution is 5.97. The molecule has 1 saturated heterocycles. The average Bonchev–Trinajstić information content (AvgIpc) is 3.08. The molecule has 0 radical (unpaired) electrons. The van der Waals surface area contributed by atoms with Crippen molar-refractivity contribution in [1.82, 2.24) is 9.80 Å². The van der Waals surface area contributed by atoms with Gasteiger partial charge in [0, 0.05) is 32.6 Å². The molecule has 1 amide bonds. The van der Waals surface area contributed by atoms with Gasteiger partial charge in [-0.3, -0.25) is 14.5 Å². The van der Waals surface area contributed by atoms with E-state index in [0.29, 0.717) is 12.8 Å². The van der Waals surface area contributed by atoms with Crippen LogP contribution < -0.4 is 0 Å². The first kappa shape index (κ1) is 20.6. The van der Waals surface area contributed by atoms with Gasteiger partial charge in [-0.05, 0) is 41.6 Å². The molecule has 1 aliphatic heterocycles. The maximum atomic E-state index is 12.6. The third-order valence-corrected chi connectivity index (χ3v) is 6.73. The molecule has 5 heteroatoms. The van der Waals surface area contributed by atoms with Gasteiger partial charge < -0.3 is 10.0 Å². The van der Waals surface area contributed by atoms with Gasteiger partial charge in [-0.2, -0.15) is 0 Å². The second-order valence-electron chi connectivity index (χ2n) is 8.33. The number of amides is 1. The topological polar surface area (TPSA) is 60.9 Å². The number of carboxylic acid groups (broad SMARTS) is 1. The number of nitrogens with zero attached hydrogens (tertiary/aromatic N) is 2. The Morgan fingerprint density at radius 1 is 0.900 bits per heavy atom. The van der Waals surface area contributed by atoms with E-state index in [1.54, 1.807) is 0 Å². The van der Waals surface area contributed by atoms with E-state index in [4.69, 9.17) is 0 Å². The smallest absolute Gasteiger partial charge is 0.318 e. The minimum absolute atomic E-state index is 0.233. The Labute approximate surface area is 178 Å². The van der Waals surface area contributed by atoms with Gasteiger partial charge >= 0.3 is 5.97 Å². The van der Waals surface area contributed by atoms with Crippen LogP contribution in [0.2, 0.25) is 0 Å². The van der Waals surface area contributed by atoms with E-state index in [9.17, 15) is 14.7 Å². The number of carbonyl (C=O) groups is 2. The molecule has 0 bridgehead atoms. The number of aliphatic carboxylic acids is 1. The van der Waals surface area contributed by atoms with Gasteiger partial charge in [0.1, 0.15) is 5.41 Å². The third-order valence-electron chi connectivity index (χ3n) is 6.73. The molecule has 1 N–H and O–H groups in total. The van der Waals surface area contributed by atoms with Crippen molar-refractivity contribution in [2.24, 2.45) is 0 Å². The number of rotatable bonds is 7. The maximum Gasteiger partial charge on any atom is 0.318 e. The summed E-state index contributed by atoms with van der Waals surface area (Å²) >= 11 is 0. The van der Waals surface area contributed by atoms with Crippen LogP contribution in [0.1, 0.15) is 43.7 Å². The zero-order valence-corrected chi connectivity index (χ0v) is 17.6. The van der Waals surface area contributed by atoms with Crippen molar-refractivity contribution in [3.63, 3.8) is 0 Å². The number of carbonyl (C=O) groups excluding carboxylic acids is 1. The van der Waals surface area contributed by atoms with Gasteiger partial charge in [-0.25, -0.2) is 0 Å². The number of hydrogen-bond acceptors (Lipinski definition) is 3. The Kier molecular flexibility index (Phi) is 5.91. The standard InChI is InChI=1S/C25H30N2O3/c1-2-23(28)27-17-15-26(16-18-27)14-8-7-13-25(24(29)30)21-11-5-3-9-19(21)20-10-4-6-12-22(20)25/h3-6,9-12H,2,7-8,13-18H2,1H3,(H,29,30). The summed E-state index contributed by atoms with van der Waals surface area (Å²) in [6, 6.07) is 15.9. The fraction of sp³-hybridized carbons (Fsp3) is 0.440. The number of piperazine rings is 1. The van der Waals surface area contributed by atoms with E-state index in [0.717, 1.165) is 67.8 Å². The summed E-state index contributed by atoms with van der Waals surface area (Å²) in [5.41, 5.74) is 2.98. The van der Waals surface area contributed by atoms with Crippen LogP contribution in [-0.4, -0.2) is 59.5 Å². The van der Waals surface area contributed by atoms with E-state index in [1.165, 1.54) is 0 Å². The predicted molar refractivity (Wildman–Crippen MR) is 117 cm³/mol. The van der Waals surface area contributed by atoms with Crippen molar-refractivity contribution in [3.8, 4) is 11.1 Å². The monoisotopic (exact) mass is 406 g/mol. The molecule has 0 atom stereocenters. The van der Waals surface area contributed by atoms with Gasteiger partial charge in [0.25, 0.3) is 0 Å². The zero-order valence-electron chi connectivity index (χ0n) is 17.6. The highest BCUT2D eigenvalue weighted by Gasteiger charge is 2.48. The minimum Gasteiger partial charge on any atom is -0.480 e. The molecular weight excluding hydrogens is 376 g/mol. The molecular formula is C25H30N2O3. The first-order valence-electron chi connectivity index (χ1n) is 11.0. The van der Waals surface area contributed by atoms with Crippen LogP contribution in [0.5, 0.6) is 0 Å². The Balaban J connectivity index is 1.42. The molecule has 30 heavy (non-hydrogen) atoms. The Morgan fingerprint density at radius 3 is 2.00 bits per heavy atom. The van der Waals surface area contributed by atoms with E-state index in [1.807, 2.05) is 60.4 Å². The second-order valence-corrected chi connectivity index (χ2v) is 8.33. The number of carboxylic acids is 1. The van der Waals surface area contributed by atoms with Crippen LogP contribution in [0, 0.1) is 0 Å². The zero-order chi connectivity index (χ0) is 21.1. The van der Waals surface area contributed by atoms with Crippen LogP contribution in [0.25, 0.3) is 11.1 Å². The Hall–Kier alpha value is -2.66. The lowest BCUT2D eigenvalue weighted by atomic mass is 9.74. The van der Waals surface area contributed by atoms with E-state index in [-0.39, 0.29) is 5.91 Å². The largest absolute Gasteiger partial charge is 0.480 e. The fourth-order valence-electron chi connectivity index (χ4n) is 5.10. The Bertz CT molecular complexity index is 886. The van der Waals surface area contributed by atoms with E-state index in [2.05, 4.69) is 4.90 Å². The van der Waals surface area contributed by atoms with Crippen LogP contribution in [-0.2, 0) is 15.0 Å². The molecule has 0 unspecified atom stereocenters. The lowest BCUT2D eigenvalue weighted by Crippen LogP contribution is -2.48. The maximum absolute atomic E-state index is 12.6. The molecule has 5 nitrogen and oxygen atoms in total. The van der Waals surface area contributed by atoms with Crippen molar-refractivity contribution >= 4 is 11.9 Å². The van der Waals surface area contributed by atoms with E-state index >= 15 is 0 Å².